The Morgan fingerprint density at radius 3 is 2.09 bits per heavy atom. The second-order valence-electron chi connectivity index (χ2n) is 1.69. The smallest absolute Gasteiger partial charge is 1.00 e. The first-order valence-corrected chi connectivity index (χ1v) is 3.87. The van der Waals surface area contributed by atoms with E-state index in [4.69, 9.17) is 15.4 Å². The van der Waals surface area contributed by atoms with Crippen LogP contribution < -0.4 is 57.1 Å². The largest absolute Gasteiger partial charge is 1.00 e. The van der Waals surface area contributed by atoms with Crippen LogP contribution in [-0.2, 0) is 14.9 Å². The topological polar surface area (TPSA) is 118 Å². The first-order valence-electron chi connectivity index (χ1n) is 2.26. The summed E-state index contributed by atoms with van der Waals surface area (Å²) in [5.41, 5.74) is 4.76. The van der Waals surface area contributed by atoms with Crippen molar-refractivity contribution >= 4 is 16.1 Å². The summed E-state index contributed by atoms with van der Waals surface area (Å²) in [5, 5.41) is 8.04. The average molecular weight is 209 g/mol. The Kier molecular flexibility index (Phi) is 7.37. The summed E-state index contributed by atoms with van der Waals surface area (Å²) < 4.78 is 28.0. The first-order chi connectivity index (χ1) is 4.33. The predicted molar refractivity (Wildman–Crippen MR) is 33.1 cm³/mol. The molecule has 0 saturated carbocycles. The van der Waals surface area contributed by atoms with Gasteiger partial charge < -0.3 is 12.3 Å². The van der Waals surface area contributed by atoms with Crippen molar-refractivity contribution in [3.63, 3.8) is 0 Å². The van der Waals surface area contributed by atoms with Gasteiger partial charge in [-0.3, -0.25) is 9.35 Å². The van der Waals surface area contributed by atoms with E-state index in [0.717, 1.165) is 0 Å². The van der Waals surface area contributed by atoms with Crippen molar-refractivity contribution in [2.24, 2.45) is 5.73 Å². The van der Waals surface area contributed by atoms with Crippen LogP contribution in [0.15, 0.2) is 0 Å². The molecule has 0 heterocycles. The molecule has 0 spiro atoms. The van der Waals surface area contributed by atoms with Gasteiger partial charge in [0.15, 0.2) is 0 Å². The predicted octanol–water partition coefficient (Wildman–Crippen LogP) is -4.60. The maximum Gasteiger partial charge on any atom is 1.00 e. The Bertz CT molecular complexity index is 229. The quantitative estimate of drug-likeness (QED) is 0.318. The third-order valence-corrected chi connectivity index (χ3v) is 1.49. The number of nitrogens with two attached hydrogens (primary N) is 1. The molecule has 62 valence electrons. The van der Waals surface area contributed by atoms with E-state index < -0.39 is 27.9 Å². The Balaban J connectivity index is -0.000000405. The van der Waals surface area contributed by atoms with Gasteiger partial charge >= 0.3 is 57.4 Å². The molecular weight excluding hydrogens is 201 g/mol. The Labute approximate surface area is 108 Å². The van der Waals surface area contributed by atoms with E-state index in [1.54, 1.807) is 0 Å². The fourth-order valence-electron chi connectivity index (χ4n) is 0.298. The fourth-order valence-corrected chi connectivity index (χ4v) is 0.895. The zero-order chi connectivity index (χ0) is 8.36. The van der Waals surface area contributed by atoms with Crippen LogP contribution in [-0.4, -0.2) is 35.8 Å². The second-order valence-corrected chi connectivity index (χ2v) is 3.19. The molecule has 0 radical (unpaired) electrons. The van der Waals surface area contributed by atoms with Gasteiger partial charge in [0, 0.05) is 0 Å². The van der Waals surface area contributed by atoms with E-state index in [1.165, 1.54) is 0 Å². The van der Waals surface area contributed by atoms with Gasteiger partial charge in [-0.25, -0.2) is 0 Å². The standard InChI is InChI=1S/C3H7NO5S.K.H/c4-2(3(5)6)1-10(7,8)9;;/h2H,1,4H2,(H,5,6)(H,7,8,9);;/q;+1;-1/t2-;;/m1../s1. The minimum Gasteiger partial charge on any atom is -1.00 e. The molecule has 0 aliphatic carbocycles. The number of rotatable bonds is 3. The molecule has 0 aromatic heterocycles. The molecule has 0 fully saturated rings. The Hall–Kier alpha value is 0.976. The maximum absolute atomic E-state index is 9.96. The van der Waals surface area contributed by atoms with Crippen LogP contribution in [0.1, 0.15) is 1.43 Å². The van der Waals surface area contributed by atoms with Crippen LogP contribution >= 0.6 is 0 Å². The summed E-state index contributed by atoms with van der Waals surface area (Å²) in [6, 6.07) is -1.56. The van der Waals surface area contributed by atoms with Crippen LogP contribution in [0.25, 0.3) is 0 Å². The molecule has 0 unspecified atom stereocenters. The van der Waals surface area contributed by atoms with Gasteiger partial charge in [0.2, 0.25) is 0 Å². The minimum absolute atomic E-state index is 0. The monoisotopic (exact) mass is 209 g/mol. The van der Waals surface area contributed by atoms with Gasteiger partial charge in [-0.1, -0.05) is 0 Å². The second kappa shape index (κ2) is 5.59. The molecule has 4 N–H and O–H groups in total. The van der Waals surface area contributed by atoms with E-state index >= 15 is 0 Å². The average Bonchev–Trinajstić information content (AvgIpc) is 1.60. The zero-order valence-corrected chi connectivity index (χ0v) is 9.83. The number of aliphatic carboxylic acids is 1. The summed E-state index contributed by atoms with van der Waals surface area (Å²) in [6.07, 6.45) is 0. The summed E-state index contributed by atoms with van der Waals surface area (Å²) in [7, 11) is -4.27. The molecule has 0 aliphatic rings. The first kappa shape index (κ1) is 14.5. The third kappa shape index (κ3) is 8.89. The molecule has 0 amide bonds. The van der Waals surface area contributed by atoms with Gasteiger partial charge in [-0.15, -0.1) is 0 Å². The van der Waals surface area contributed by atoms with Crippen molar-refractivity contribution in [3.05, 3.63) is 0 Å². The number of hydrogen-bond donors (Lipinski definition) is 3. The molecule has 8 heteroatoms. The Morgan fingerprint density at radius 2 is 2.00 bits per heavy atom. The minimum atomic E-state index is -4.27. The van der Waals surface area contributed by atoms with Gasteiger partial charge in [-0.05, 0) is 0 Å². The van der Waals surface area contributed by atoms with Crippen LogP contribution in [0, 0.1) is 0 Å². The summed E-state index contributed by atoms with van der Waals surface area (Å²) in [6.45, 7) is 0. The van der Waals surface area contributed by atoms with Crippen LogP contribution in [0.3, 0.4) is 0 Å². The van der Waals surface area contributed by atoms with E-state index in [9.17, 15) is 13.2 Å². The zero-order valence-electron chi connectivity index (χ0n) is 6.89. The number of carbonyl (C=O) groups is 1. The summed E-state index contributed by atoms with van der Waals surface area (Å²) >= 11 is 0. The van der Waals surface area contributed by atoms with Crippen molar-refractivity contribution in [1.82, 2.24) is 0 Å². The molecule has 11 heavy (non-hydrogen) atoms. The normalized spacial score (nSPS) is 13.3. The Morgan fingerprint density at radius 1 is 1.64 bits per heavy atom. The molecule has 0 aromatic carbocycles. The molecule has 1 atom stereocenters. The SMILES string of the molecule is N[C@H](CS(=O)(=O)O)C(=O)O.[H-].[K+]. The van der Waals surface area contributed by atoms with Crippen molar-refractivity contribution in [2.75, 3.05) is 5.75 Å². The number of carboxylic acid groups (broad SMARTS) is 1. The van der Waals surface area contributed by atoms with Crippen LogP contribution in [0.4, 0.5) is 0 Å². The van der Waals surface area contributed by atoms with Crippen molar-refractivity contribution in [2.45, 2.75) is 6.04 Å². The van der Waals surface area contributed by atoms with Gasteiger partial charge in [-0.2, -0.15) is 8.42 Å². The summed E-state index contributed by atoms with van der Waals surface area (Å²) in [4.78, 5) is 9.88. The van der Waals surface area contributed by atoms with Crippen LogP contribution in [0.2, 0.25) is 0 Å². The maximum atomic E-state index is 9.96. The molecule has 0 saturated heterocycles. The van der Waals surface area contributed by atoms with Gasteiger partial charge in [0.05, 0.1) is 0 Å². The van der Waals surface area contributed by atoms with Crippen molar-refractivity contribution in [1.29, 1.82) is 0 Å². The molecule has 0 bridgehead atoms. The summed E-state index contributed by atoms with van der Waals surface area (Å²) in [5.74, 6) is -2.42. The third-order valence-electron chi connectivity index (χ3n) is 0.707. The molecular formula is C3H8KNO5S. The van der Waals surface area contributed by atoms with Gasteiger partial charge in [0.1, 0.15) is 11.8 Å². The molecule has 0 aromatic rings. The van der Waals surface area contributed by atoms with E-state index in [0.29, 0.717) is 0 Å². The van der Waals surface area contributed by atoms with Gasteiger partial charge in [0.25, 0.3) is 10.1 Å². The molecule has 0 rings (SSSR count). The van der Waals surface area contributed by atoms with Crippen molar-refractivity contribution < 1.29 is 75.7 Å². The van der Waals surface area contributed by atoms with E-state index in [-0.39, 0.29) is 52.8 Å². The fraction of sp³-hybridized carbons (Fsp3) is 0.667. The van der Waals surface area contributed by atoms with E-state index in [2.05, 4.69) is 0 Å². The molecule has 0 aliphatic heterocycles. The number of hydrogen-bond acceptors (Lipinski definition) is 4. The van der Waals surface area contributed by atoms with E-state index in [1.807, 2.05) is 0 Å². The van der Waals surface area contributed by atoms with Crippen LogP contribution in [0.5, 0.6) is 0 Å². The molecule has 6 nitrogen and oxygen atoms in total. The van der Waals surface area contributed by atoms with Crippen molar-refractivity contribution in [3.8, 4) is 0 Å². The number of carboxylic acids is 1.